The van der Waals surface area contributed by atoms with Crippen molar-refractivity contribution in [2.45, 2.75) is 26.7 Å². The summed E-state index contributed by atoms with van der Waals surface area (Å²) < 4.78 is 0. The molecule has 4 heteroatoms. The van der Waals surface area contributed by atoms with Gasteiger partial charge in [-0.25, -0.2) is 5.84 Å². The summed E-state index contributed by atoms with van der Waals surface area (Å²) in [7, 11) is 0. The van der Waals surface area contributed by atoms with E-state index < -0.39 is 0 Å². The van der Waals surface area contributed by atoms with Crippen LogP contribution in [0.25, 0.3) is 0 Å². The Kier molecular flexibility index (Phi) is 6.06. The van der Waals surface area contributed by atoms with Crippen molar-refractivity contribution < 1.29 is 0 Å². The van der Waals surface area contributed by atoms with Crippen molar-refractivity contribution in [1.82, 2.24) is 5.01 Å². The fourth-order valence-corrected chi connectivity index (χ4v) is 2.48. The smallest absolute Gasteiger partial charge is 0.0834 e. The summed E-state index contributed by atoms with van der Waals surface area (Å²) in [5.74, 6) is 6.69. The van der Waals surface area contributed by atoms with Gasteiger partial charge in [-0.3, -0.25) is 15.0 Å². The first-order chi connectivity index (χ1) is 11.1. The largest absolute Gasteiger partial charge is 0.283 e. The Morgan fingerprint density at radius 1 is 1.39 bits per heavy atom. The highest BCUT2D eigenvalue weighted by molar-refractivity contribution is 5.57. The molecule has 1 unspecified atom stereocenters. The maximum absolute atomic E-state index is 6.25. The number of rotatable bonds is 6. The third-order valence-electron chi connectivity index (χ3n) is 3.65. The highest BCUT2D eigenvalue weighted by Crippen LogP contribution is 2.25. The van der Waals surface area contributed by atoms with Gasteiger partial charge >= 0.3 is 0 Å². The summed E-state index contributed by atoms with van der Waals surface area (Å²) >= 11 is 0. The lowest BCUT2D eigenvalue weighted by atomic mass is 9.99. The number of aliphatic imine (C=N–C) groups is 2. The van der Waals surface area contributed by atoms with Crippen molar-refractivity contribution in [1.29, 1.82) is 0 Å². The summed E-state index contributed by atoms with van der Waals surface area (Å²) in [6, 6.07) is 10.2. The number of nitrogens with two attached hydrogens (primary N) is 1. The fourth-order valence-electron chi connectivity index (χ4n) is 2.48. The van der Waals surface area contributed by atoms with Gasteiger partial charge in [0.1, 0.15) is 0 Å². The number of hydrazine groups is 1. The SMILES string of the molecule is C=N/C(=C\N(N)C1=CC(C)CC=C1N=CC)Cc1ccccc1. The molecule has 1 aliphatic carbocycles. The van der Waals surface area contributed by atoms with Crippen LogP contribution in [-0.4, -0.2) is 17.9 Å². The third-order valence-corrected chi connectivity index (χ3v) is 3.65. The minimum atomic E-state index is 0.439. The molecule has 1 aromatic carbocycles. The lowest BCUT2D eigenvalue weighted by Gasteiger charge is -2.24. The van der Waals surface area contributed by atoms with Crippen molar-refractivity contribution in [2.75, 3.05) is 0 Å². The van der Waals surface area contributed by atoms with Gasteiger partial charge < -0.3 is 0 Å². The molecule has 1 aliphatic rings. The standard InChI is InChI=1S/C19H24N4/c1-4-22-18-11-10-15(2)12-19(18)23(20)14-17(21-3)13-16-8-6-5-7-9-16/h4-9,11-12,14-15H,3,10,13,20H2,1-2H3/b17-14-,22-4?. The van der Waals surface area contributed by atoms with Crippen LogP contribution in [0.3, 0.4) is 0 Å². The van der Waals surface area contributed by atoms with Gasteiger partial charge in [0.25, 0.3) is 0 Å². The zero-order chi connectivity index (χ0) is 16.7. The van der Waals surface area contributed by atoms with E-state index >= 15 is 0 Å². The molecule has 0 amide bonds. The topological polar surface area (TPSA) is 54.0 Å². The van der Waals surface area contributed by atoms with Crippen molar-refractivity contribution in [3.05, 3.63) is 71.3 Å². The van der Waals surface area contributed by atoms with E-state index in [9.17, 15) is 0 Å². The first-order valence-electron chi connectivity index (χ1n) is 7.80. The van der Waals surface area contributed by atoms with Crippen LogP contribution in [0, 0.1) is 5.92 Å². The molecule has 0 heterocycles. The third kappa shape index (κ3) is 4.76. The summed E-state index contributed by atoms with van der Waals surface area (Å²) in [6.07, 6.45) is 9.53. The molecule has 0 fully saturated rings. The highest BCUT2D eigenvalue weighted by atomic mass is 15.4. The molecule has 0 saturated carbocycles. The lowest BCUT2D eigenvalue weighted by Crippen LogP contribution is -2.27. The average molecular weight is 308 g/mol. The van der Waals surface area contributed by atoms with Gasteiger partial charge in [0.05, 0.1) is 17.1 Å². The second-order valence-electron chi connectivity index (χ2n) is 5.59. The molecule has 2 rings (SSSR count). The molecule has 0 bridgehead atoms. The van der Waals surface area contributed by atoms with Gasteiger partial charge in [0.15, 0.2) is 0 Å². The van der Waals surface area contributed by atoms with Crippen LogP contribution in [0.5, 0.6) is 0 Å². The maximum atomic E-state index is 6.25. The molecule has 0 saturated heterocycles. The number of hydrogen-bond donors (Lipinski definition) is 1. The van der Waals surface area contributed by atoms with Crippen LogP contribution < -0.4 is 5.84 Å². The number of benzene rings is 1. The lowest BCUT2D eigenvalue weighted by molar-refractivity contribution is 0.478. The second kappa shape index (κ2) is 8.25. The van der Waals surface area contributed by atoms with Gasteiger partial charge in [-0.1, -0.05) is 49.4 Å². The van der Waals surface area contributed by atoms with Gasteiger partial charge in [-0.05, 0) is 31.5 Å². The minimum Gasteiger partial charge on any atom is -0.283 e. The van der Waals surface area contributed by atoms with E-state index in [0.717, 1.165) is 23.5 Å². The molecule has 1 aromatic rings. The van der Waals surface area contributed by atoms with Crippen LogP contribution in [0.15, 0.2) is 75.8 Å². The van der Waals surface area contributed by atoms with Gasteiger partial charge in [0, 0.05) is 18.8 Å². The normalized spacial score (nSPS) is 18.6. The molecule has 4 nitrogen and oxygen atoms in total. The van der Waals surface area contributed by atoms with Crippen LogP contribution in [0.1, 0.15) is 25.8 Å². The molecule has 0 radical (unpaired) electrons. The Balaban J connectivity index is 2.21. The zero-order valence-electron chi connectivity index (χ0n) is 13.8. The summed E-state index contributed by atoms with van der Waals surface area (Å²) in [5.41, 5.74) is 3.79. The maximum Gasteiger partial charge on any atom is 0.0834 e. The highest BCUT2D eigenvalue weighted by Gasteiger charge is 2.15. The molecule has 1 atom stereocenters. The van der Waals surface area contributed by atoms with Crippen LogP contribution in [0.4, 0.5) is 0 Å². The van der Waals surface area contributed by atoms with E-state index in [0.29, 0.717) is 12.3 Å². The predicted molar refractivity (Wildman–Crippen MR) is 97.9 cm³/mol. The van der Waals surface area contributed by atoms with Crippen LogP contribution in [0.2, 0.25) is 0 Å². The van der Waals surface area contributed by atoms with Crippen molar-refractivity contribution in [2.24, 2.45) is 21.7 Å². The van der Waals surface area contributed by atoms with E-state index in [1.807, 2.05) is 31.3 Å². The molecular formula is C19H24N4. The summed E-state index contributed by atoms with van der Waals surface area (Å²) in [4.78, 5) is 8.52. The molecule has 23 heavy (non-hydrogen) atoms. The van der Waals surface area contributed by atoms with Gasteiger partial charge in [-0.2, -0.15) is 0 Å². The molecule has 0 aromatic heterocycles. The second-order valence-corrected chi connectivity index (χ2v) is 5.59. The molecular weight excluding hydrogens is 284 g/mol. The molecule has 2 N–H and O–H groups in total. The first-order valence-corrected chi connectivity index (χ1v) is 7.80. The van der Waals surface area contributed by atoms with Gasteiger partial charge in [-0.15, -0.1) is 0 Å². The van der Waals surface area contributed by atoms with Crippen molar-refractivity contribution >= 4 is 12.9 Å². The Labute approximate surface area is 138 Å². The average Bonchev–Trinajstić information content (AvgIpc) is 2.57. The van der Waals surface area contributed by atoms with E-state index in [2.05, 4.69) is 47.9 Å². The van der Waals surface area contributed by atoms with Crippen molar-refractivity contribution in [3.8, 4) is 0 Å². The van der Waals surface area contributed by atoms with Crippen molar-refractivity contribution in [3.63, 3.8) is 0 Å². The quantitative estimate of drug-likeness (QED) is 0.493. The number of hydrogen-bond acceptors (Lipinski definition) is 4. The van der Waals surface area contributed by atoms with E-state index in [1.165, 1.54) is 5.56 Å². The molecule has 0 spiro atoms. The van der Waals surface area contributed by atoms with Crippen LogP contribution >= 0.6 is 0 Å². The van der Waals surface area contributed by atoms with E-state index in [1.54, 1.807) is 11.2 Å². The first kappa shape index (κ1) is 16.9. The zero-order valence-corrected chi connectivity index (χ0v) is 13.8. The fraction of sp³-hybridized carbons (Fsp3) is 0.263. The predicted octanol–water partition coefficient (Wildman–Crippen LogP) is 3.85. The Hall–Kier alpha value is -2.46. The molecule has 0 aliphatic heterocycles. The minimum absolute atomic E-state index is 0.439. The Morgan fingerprint density at radius 3 is 2.78 bits per heavy atom. The summed E-state index contributed by atoms with van der Waals surface area (Å²) in [5, 5.41) is 1.60. The number of nitrogens with zero attached hydrogens (tertiary/aromatic N) is 3. The number of allylic oxidation sites excluding steroid dienone is 3. The molecule has 120 valence electrons. The van der Waals surface area contributed by atoms with Gasteiger partial charge in [0.2, 0.25) is 0 Å². The Morgan fingerprint density at radius 2 is 2.13 bits per heavy atom. The Bertz CT molecular complexity index is 653. The monoisotopic (exact) mass is 308 g/mol. The van der Waals surface area contributed by atoms with E-state index in [4.69, 9.17) is 5.84 Å². The van der Waals surface area contributed by atoms with Crippen LogP contribution in [-0.2, 0) is 6.42 Å². The summed E-state index contributed by atoms with van der Waals surface area (Å²) in [6.45, 7) is 7.73. The van der Waals surface area contributed by atoms with E-state index in [-0.39, 0.29) is 0 Å².